The SMILES string of the molecule is Cc1occc1C(=O)Nc1cccc(C#Cc2ccccc2)c1. The maximum atomic E-state index is 12.2. The molecule has 1 aromatic heterocycles. The van der Waals surface area contributed by atoms with E-state index >= 15 is 0 Å². The Morgan fingerprint density at radius 2 is 1.70 bits per heavy atom. The van der Waals surface area contributed by atoms with Crippen LogP contribution in [-0.2, 0) is 0 Å². The summed E-state index contributed by atoms with van der Waals surface area (Å²) in [4.78, 5) is 12.2. The van der Waals surface area contributed by atoms with Crippen molar-refractivity contribution in [3.8, 4) is 11.8 Å². The van der Waals surface area contributed by atoms with Crippen molar-refractivity contribution in [2.24, 2.45) is 0 Å². The first kappa shape index (κ1) is 14.7. The lowest BCUT2D eigenvalue weighted by molar-refractivity contribution is 0.102. The molecule has 3 heteroatoms. The van der Waals surface area contributed by atoms with Crippen molar-refractivity contribution in [1.82, 2.24) is 0 Å². The van der Waals surface area contributed by atoms with Crippen LogP contribution in [0.1, 0.15) is 27.2 Å². The minimum atomic E-state index is -0.190. The molecule has 0 unspecified atom stereocenters. The Bertz CT molecular complexity index is 883. The fourth-order valence-electron chi connectivity index (χ4n) is 2.16. The number of benzene rings is 2. The normalized spacial score (nSPS) is 9.78. The topological polar surface area (TPSA) is 42.2 Å². The number of nitrogens with one attached hydrogen (secondary N) is 1. The molecule has 2 aromatic carbocycles. The van der Waals surface area contributed by atoms with Crippen LogP contribution < -0.4 is 5.32 Å². The highest BCUT2D eigenvalue weighted by Crippen LogP contribution is 2.14. The van der Waals surface area contributed by atoms with Gasteiger partial charge in [-0.1, -0.05) is 36.1 Å². The Balaban J connectivity index is 1.77. The second-order valence-corrected chi connectivity index (χ2v) is 5.04. The van der Waals surface area contributed by atoms with Crippen LogP contribution in [0, 0.1) is 18.8 Å². The zero-order valence-corrected chi connectivity index (χ0v) is 12.7. The van der Waals surface area contributed by atoms with Gasteiger partial charge in [-0.05, 0) is 43.3 Å². The van der Waals surface area contributed by atoms with Crippen molar-refractivity contribution in [3.05, 3.63) is 89.4 Å². The summed E-state index contributed by atoms with van der Waals surface area (Å²) in [5.41, 5.74) is 3.03. The van der Waals surface area contributed by atoms with Crippen molar-refractivity contribution in [1.29, 1.82) is 0 Å². The fraction of sp³-hybridized carbons (Fsp3) is 0.0500. The van der Waals surface area contributed by atoms with E-state index in [2.05, 4.69) is 17.2 Å². The summed E-state index contributed by atoms with van der Waals surface area (Å²) >= 11 is 0. The quantitative estimate of drug-likeness (QED) is 0.719. The van der Waals surface area contributed by atoms with Gasteiger partial charge in [0.25, 0.3) is 5.91 Å². The molecule has 0 aliphatic rings. The van der Waals surface area contributed by atoms with E-state index in [-0.39, 0.29) is 5.91 Å². The third kappa shape index (κ3) is 3.69. The van der Waals surface area contributed by atoms with Crippen LogP contribution in [0.2, 0.25) is 0 Å². The minimum absolute atomic E-state index is 0.190. The maximum absolute atomic E-state index is 12.2. The molecule has 1 amide bonds. The molecule has 0 saturated carbocycles. The number of aryl methyl sites for hydroxylation is 1. The monoisotopic (exact) mass is 301 g/mol. The van der Waals surface area contributed by atoms with E-state index in [1.54, 1.807) is 13.0 Å². The lowest BCUT2D eigenvalue weighted by Crippen LogP contribution is -2.12. The molecule has 112 valence electrons. The van der Waals surface area contributed by atoms with E-state index in [9.17, 15) is 4.79 Å². The van der Waals surface area contributed by atoms with E-state index in [0.29, 0.717) is 17.0 Å². The van der Waals surface area contributed by atoms with E-state index in [0.717, 1.165) is 11.1 Å². The van der Waals surface area contributed by atoms with Gasteiger partial charge in [0.15, 0.2) is 0 Å². The Hall–Kier alpha value is -3.25. The molecule has 1 N–H and O–H groups in total. The molecule has 0 saturated heterocycles. The first-order chi connectivity index (χ1) is 11.2. The first-order valence-electron chi connectivity index (χ1n) is 7.25. The minimum Gasteiger partial charge on any atom is -0.469 e. The number of hydrogen-bond donors (Lipinski definition) is 1. The number of rotatable bonds is 2. The van der Waals surface area contributed by atoms with E-state index in [1.807, 2.05) is 54.6 Å². The molecular formula is C20H15NO2. The highest BCUT2D eigenvalue weighted by Gasteiger charge is 2.11. The van der Waals surface area contributed by atoms with Gasteiger partial charge >= 0.3 is 0 Å². The second kappa shape index (κ2) is 6.67. The first-order valence-corrected chi connectivity index (χ1v) is 7.25. The summed E-state index contributed by atoms with van der Waals surface area (Å²) in [5, 5.41) is 2.86. The number of anilines is 1. The van der Waals surface area contributed by atoms with Crippen LogP contribution in [0.15, 0.2) is 71.3 Å². The van der Waals surface area contributed by atoms with Gasteiger partial charge in [-0.15, -0.1) is 0 Å². The molecule has 0 spiro atoms. The van der Waals surface area contributed by atoms with Crippen molar-refractivity contribution in [2.75, 3.05) is 5.32 Å². The molecule has 23 heavy (non-hydrogen) atoms. The molecular weight excluding hydrogens is 286 g/mol. The number of hydrogen-bond acceptors (Lipinski definition) is 2. The van der Waals surface area contributed by atoms with Gasteiger partial charge in [0, 0.05) is 16.8 Å². The van der Waals surface area contributed by atoms with Gasteiger partial charge < -0.3 is 9.73 Å². The van der Waals surface area contributed by atoms with Gasteiger partial charge in [-0.25, -0.2) is 0 Å². The molecule has 0 aliphatic heterocycles. The van der Waals surface area contributed by atoms with Crippen LogP contribution in [0.3, 0.4) is 0 Å². The van der Waals surface area contributed by atoms with Gasteiger partial charge in [-0.3, -0.25) is 4.79 Å². The predicted octanol–water partition coefficient (Wildman–Crippen LogP) is 4.24. The Morgan fingerprint density at radius 1 is 0.957 bits per heavy atom. The summed E-state index contributed by atoms with van der Waals surface area (Å²) in [5.74, 6) is 6.61. The average Bonchev–Trinajstić information content (AvgIpc) is 3.00. The molecule has 0 aliphatic carbocycles. The molecule has 0 radical (unpaired) electrons. The summed E-state index contributed by atoms with van der Waals surface area (Å²) in [6, 6.07) is 18.9. The number of amides is 1. The highest BCUT2D eigenvalue weighted by atomic mass is 16.3. The van der Waals surface area contributed by atoms with E-state index < -0.39 is 0 Å². The number of furan rings is 1. The van der Waals surface area contributed by atoms with Crippen LogP contribution in [0.25, 0.3) is 0 Å². The molecule has 3 rings (SSSR count). The lowest BCUT2D eigenvalue weighted by Gasteiger charge is -2.04. The standard InChI is InChI=1S/C20H15NO2/c1-15-19(12-13-23-15)20(22)21-18-9-5-8-17(14-18)11-10-16-6-3-2-4-7-16/h2-9,12-14H,1H3,(H,21,22). The third-order valence-electron chi connectivity index (χ3n) is 3.35. The van der Waals surface area contributed by atoms with E-state index in [1.165, 1.54) is 6.26 Å². The van der Waals surface area contributed by atoms with Gasteiger partial charge in [0.2, 0.25) is 0 Å². The number of carbonyl (C=O) groups is 1. The van der Waals surface area contributed by atoms with Crippen molar-refractivity contribution in [3.63, 3.8) is 0 Å². The van der Waals surface area contributed by atoms with Crippen LogP contribution in [0.5, 0.6) is 0 Å². The smallest absolute Gasteiger partial charge is 0.259 e. The summed E-state index contributed by atoms with van der Waals surface area (Å²) in [6.45, 7) is 1.76. The number of carbonyl (C=O) groups excluding carboxylic acids is 1. The Labute approximate surface area is 135 Å². The molecule has 1 heterocycles. The summed E-state index contributed by atoms with van der Waals surface area (Å²) in [6.07, 6.45) is 1.51. The van der Waals surface area contributed by atoms with Crippen LogP contribution in [-0.4, -0.2) is 5.91 Å². The molecule has 0 bridgehead atoms. The van der Waals surface area contributed by atoms with E-state index in [4.69, 9.17) is 4.42 Å². The second-order valence-electron chi connectivity index (χ2n) is 5.04. The molecule has 0 fully saturated rings. The Morgan fingerprint density at radius 3 is 2.43 bits per heavy atom. The molecule has 3 nitrogen and oxygen atoms in total. The maximum Gasteiger partial charge on any atom is 0.259 e. The zero-order chi connectivity index (χ0) is 16.1. The van der Waals surface area contributed by atoms with Gasteiger partial charge in [-0.2, -0.15) is 0 Å². The zero-order valence-electron chi connectivity index (χ0n) is 12.7. The van der Waals surface area contributed by atoms with Crippen LogP contribution >= 0.6 is 0 Å². The highest BCUT2D eigenvalue weighted by molar-refractivity contribution is 6.04. The van der Waals surface area contributed by atoms with Crippen LogP contribution in [0.4, 0.5) is 5.69 Å². The molecule has 0 atom stereocenters. The van der Waals surface area contributed by atoms with Gasteiger partial charge in [0.05, 0.1) is 11.8 Å². The summed E-state index contributed by atoms with van der Waals surface area (Å²) in [7, 11) is 0. The van der Waals surface area contributed by atoms with Crippen molar-refractivity contribution >= 4 is 11.6 Å². The lowest BCUT2D eigenvalue weighted by atomic mass is 10.1. The predicted molar refractivity (Wildman–Crippen MR) is 90.3 cm³/mol. The van der Waals surface area contributed by atoms with Crippen molar-refractivity contribution < 1.29 is 9.21 Å². The average molecular weight is 301 g/mol. The molecule has 3 aromatic rings. The Kier molecular flexibility index (Phi) is 4.26. The summed E-state index contributed by atoms with van der Waals surface area (Å²) < 4.78 is 5.15. The third-order valence-corrected chi connectivity index (χ3v) is 3.35. The fourth-order valence-corrected chi connectivity index (χ4v) is 2.16. The van der Waals surface area contributed by atoms with Gasteiger partial charge in [0.1, 0.15) is 5.76 Å². The van der Waals surface area contributed by atoms with Crippen molar-refractivity contribution in [2.45, 2.75) is 6.92 Å². The largest absolute Gasteiger partial charge is 0.469 e.